The zero-order valence-corrected chi connectivity index (χ0v) is 12.7. The number of rotatable bonds is 4. The number of nitrogens with zero attached hydrogens (tertiary/aromatic N) is 1. The lowest BCUT2D eigenvalue weighted by Gasteiger charge is -2.23. The number of para-hydroxylation sites is 2. The minimum Gasteiger partial charge on any atom is -0.495 e. The molecule has 0 fully saturated rings. The summed E-state index contributed by atoms with van der Waals surface area (Å²) in [5.74, 6) is 0.808. The van der Waals surface area contributed by atoms with Crippen molar-refractivity contribution in [1.29, 1.82) is 0 Å². The minimum absolute atomic E-state index is 0.0295. The van der Waals surface area contributed by atoms with Gasteiger partial charge in [0.1, 0.15) is 5.75 Å². The number of methoxy groups -OCH3 is 1. The average Bonchev–Trinajstić information content (AvgIpc) is 2.46. The molecule has 0 unspecified atom stereocenters. The van der Waals surface area contributed by atoms with Gasteiger partial charge in [-0.2, -0.15) is 0 Å². The number of nitrogens with two attached hydrogens (primary N) is 1. The Morgan fingerprint density at radius 1 is 1.15 bits per heavy atom. The summed E-state index contributed by atoms with van der Waals surface area (Å²) in [5.41, 5.74) is 8.77. The number of hydrogen-bond donors (Lipinski definition) is 1. The second-order valence-electron chi connectivity index (χ2n) is 4.73. The Morgan fingerprint density at radius 3 is 2.45 bits per heavy atom. The van der Waals surface area contributed by atoms with Crippen molar-refractivity contribution in [3.8, 4) is 5.75 Å². The topological polar surface area (TPSA) is 38.5 Å². The Morgan fingerprint density at radius 2 is 1.85 bits per heavy atom. The number of ether oxygens (including phenoxy) is 1. The fourth-order valence-corrected chi connectivity index (χ4v) is 2.43. The summed E-state index contributed by atoms with van der Waals surface area (Å²) in [6.07, 6.45) is 0. The summed E-state index contributed by atoms with van der Waals surface area (Å²) < 4.78 is 5.39. The third kappa shape index (κ3) is 2.89. The average molecular weight is 291 g/mol. The van der Waals surface area contributed by atoms with E-state index in [1.807, 2.05) is 61.3 Å². The zero-order chi connectivity index (χ0) is 14.7. The lowest BCUT2D eigenvalue weighted by Crippen LogP contribution is -2.12. The fourth-order valence-electron chi connectivity index (χ4n) is 2.12. The SMILES string of the molecule is COc1ccccc1N(C)c1ccc([C@@H](C)N)cc1Cl. The van der Waals surface area contributed by atoms with Crippen LogP contribution in [0, 0.1) is 0 Å². The summed E-state index contributed by atoms with van der Waals surface area (Å²) in [4.78, 5) is 2.01. The van der Waals surface area contributed by atoms with Gasteiger partial charge in [0.25, 0.3) is 0 Å². The molecule has 2 aromatic rings. The van der Waals surface area contributed by atoms with Gasteiger partial charge in [-0.05, 0) is 36.8 Å². The first-order valence-corrected chi connectivity index (χ1v) is 6.84. The van der Waals surface area contributed by atoms with Crippen molar-refractivity contribution in [1.82, 2.24) is 0 Å². The van der Waals surface area contributed by atoms with E-state index < -0.39 is 0 Å². The molecule has 0 aromatic heterocycles. The molecule has 4 heteroatoms. The third-order valence-electron chi connectivity index (χ3n) is 3.31. The van der Waals surface area contributed by atoms with Gasteiger partial charge in [0.15, 0.2) is 0 Å². The third-order valence-corrected chi connectivity index (χ3v) is 3.61. The zero-order valence-electron chi connectivity index (χ0n) is 11.9. The predicted molar refractivity (Wildman–Crippen MR) is 85.1 cm³/mol. The lowest BCUT2D eigenvalue weighted by atomic mass is 10.1. The van der Waals surface area contributed by atoms with Gasteiger partial charge in [-0.1, -0.05) is 29.8 Å². The standard InChI is InChI=1S/C16H19ClN2O/c1-11(18)12-8-9-14(13(17)10-12)19(2)15-6-4-5-7-16(15)20-3/h4-11H,18H2,1-3H3/t11-/m1/s1. The van der Waals surface area contributed by atoms with Gasteiger partial charge in [-0.3, -0.25) is 0 Å². The van der Waals surface area contributed by atoms with Gasteiger partial charge in [-0.25, -0.2) is 0 Å². The van der Waals surface area contributed by atoms with Gasteiger partial charge in [0.05, 0.1) is 23.5 Å². The summed E-state index contributed by atoms with van der Waals surface area (Å²) >= 11 is 6.38. The van der Waals surface area contributed by atoms with Crippen LogP contribution in [0.5, 0.6) is 5.75 Å². The molecule has 1 atom stereocenters. The number of benzene rings is 2. The van der Waals surface area contributed by atoms with E-state index >= 15 is 0 Å². The fraction of sp³-hybridized carbons (Fsp3) is 0.250. The van der Waals surface area contributed by atoms with Crippen molar-refractivity contribution in [2.45, 2.75) is 13.0 Å². The van der Waals surface area contributed by atoms with E-state index in [1.54, 1.807) is 7.11 Å². The van der Waals surface area contributed by atoms with Crippen LogP contribution >= 0.6 is 11.6 Å². The van der Waals surface area contributed by atoms with E-state index in [2.05, 4.69) is 0 Å². The molecule has 0 saturated carbocycles. The normalized spacial score (nSPS) is 12.1. The van der Waals surface area contributed by atoms with Crippen molar-refractivity contribution in [3.63, 3.8) is 0 Å². The maximum atomic E-state index is 6.38. The van der Waals surface area contributed by atoms with Crippen molar-refractivity contribution in [3.05, 3.63) is 53.1 Å². The molecule has 20 heavy (non-hydrogen) atoms. The van der Waals surface area contributed by atoms with Crippen LogP contribution in [0.2, 0.25) is 5.02 Å². The highest BCUT2D eigenvalue weighted by Crippen LogP contribution is 2.36. The van der Waals surface area contributed by atoms with Crippen LogP contribution in [0.4, 0.5) is 11.4 Å². The van der Waals surface area contributed by atoms with Crippen LogP contribution in [0.25, 0.3) is 0 Å². The highest BCUT2D eigenvalue weighted by molar-refractivity contribution is 6.33. The molecule has 2 rings (SSSR count). The van der Waals surface area contributed by atoms with Gasteiger partial charge in [0, 0.05) is 13.1 Å². The Balaban J connectivity index is 2.40. The molecular weight excluding hydrogens is 272 g/mol. The number of anilines is 2. The molecule has 0 aliphatic rings. The van der Waals surface area contributed by atoms with Crippen LogP contribution in [0.1, 0.15) is 18.5 Å². The molecule has 0 spiro atoms. The van der Waals surface area contributed by atoms with Crippen molar-refractivity contribution in [2.75, 3.05) is 19.1 Å². The van der Waals surface area contributed by atoms with Crippen LogP contribution in [0.3, 0.4) is 0 Å². The summed E-state index contributed by atoms with van der Waals surface area (Å²) in [6.45, 7) is 1.94. The first-order valence-electron chi connectivity index (χ1n) is 6.46. The quantitative estimate of drug-likeness (QED) is 0.920. The highest BCUT2D eigenvalue weighted by Gasteiger charge is 2.13. The van der Waals surface area contributed by atoms with Crippen LogP contribution in [0.15, 0.2) is 42.5 Å². The van der Waals surface area contributed by atoms with E-state index in [9.17, 15) is 0 Å². The molecular formula is C16H19ClN2O. The summed E-state index contributed by atoms with van der Waals surface area (Å²) in [7, 11) is 3.62. The molecule has 2 N–H and O–H groups in total. The Labute approximate surface area is 124 Å². The van der Waals surface area contributed by atoms with E-state index in [4.69, 9.17) is 22.1 Å². The number of halogens is 1. The molecule has 0 amide bonds. The van der Waals surface area contributed by atoms with E-state index in [0.29, 0.717) is 5.02 Å². The number of hydrogen-bond acceptors (Lipinski definition) is 3. The second-order valence-corrected chi connectivity index (χ2v) is 5.14. The summed E-state index contributed by atoms with van der Waals surface area (Å²) in [5, 5.41) is 0.674. The minimum atomic E-state index is -0.0295. The van der Waals surface area contributed by atoms with Crippen molar-refractivity contribution < 1.29 is 4.74 Å². The second kappa shape index (κ2) is 6.16. The predicted octanol–water partition coefficient (Wildman–Crippen LogP) is 4.14. The molecule has 0 aliphatic heterocycles. The first kappa shape index (κ1) is 14.7. The Bertz CT molecular complexity index is 599. The summed E-state index contributed by atoms with van der Waals surface area (Å²) in [6, 6.07) is 13.7. The molecule has 106 valence electrons. The molecule has 0 saturated heterocycles. The molecule has 2 aromatic carbocycles. The maximum absolute atomic E-state index is 6.38. The molecule has 0 aliphatic carbocycles. The van der Waals surface area contributed by atoms with Crippen molar-refractivity contribution >= 4 is 23.0 Å². The lowest BCUT2D eigenvalue weighted by molar-refractivity contribution is 0.415. The van der Waals surface area contributed by atoms with Gasteiger partial charge >= 0.3 is 0 Å². The molecule has 3 nitrogen and oxygen atoms in total. The van der Waals surface area contributed by atoms with Gasteiger partial charge in [-0.15, -0.1) is 0 Å². The first-order chi connectivity index (χ1) is 9.54. The van der Waals surface area contributed by atoms with Crippen LogP contribution in [-0.2, 0) is 0 Å². The van der Waals surface area contributed by atoms with Gasteiger partial charge < -0.3 is 15.4 Å². The smallest absolute Gasteiger partial charge is 0.142 e. The molecule has 0 bridgehead atoms. The molecule has 0 radical (unpaired) electrons. The largest absolute Gasteiger partial charge is 0.495 e. The van der Waals surface area contributed by atoms with Gasteiger partial charge in [0.2, 0.25) is 0 Å². The van der Waals surface area contributed by atoms with Crippen LogP contribution < -0.4 is 15.4 Å². The monoisotopic (exact) mass is 290 g/mol. The van der Waals surface area contributed by atoms with E-state index in [-0.39, 0.29) is 6.04 Å². The van der Waals surface area contributed by atoms with E-state index in [0.717, 1.165) is 22.7 Å². The van der Waals surface area contributed by atoms with Crippen molar-refractivity contribution in [2.24, 2.45) is 5.73 Å². The van der Waals surface area contributed by atoms with Crippen LogP contribution in [-0.4, -0.2) is 14.2 Å². The van der Waals surface area contributed by atoms with E-state index in [1.165, 1.54) is 0 Å². The highest BCUT2D eigenvalue weighted by atomic mass is 35.5. The molecule has 0 heterocycles. The Hall–Kier alpha value is -1.71. The maximum Gasteiger partial charge on any atom is 0.142 e. The Kier molecular flexibility index (Phi) is 4.53.